The maximum Gasteiger partial charge on any atom is 0.192 e. The van der Waals surface area contributed by atoms with Gasteiger partial charge in [0.2, 0.25) is 0 Å². The summed E-state index contributed by atoms with van der Waals surface area (Å²) in [6, 6.07) is 2.54. The van der Waals surface area contributed by atoms with Crippen LogP contribution in [-0.4, -0.2) is 48.0 Å². The lowest BCUT2D eigenvalue weighted by Crippen LogP contribution is -2.43. The van der Waals surface area contributed by atoms with E-state index in [0.717, 1.165) is 49.6 Å². The summed E-state index contributed by atoms with van der Waals surface area (Å²) in [6.07, 6.45) is 2.91. The first-order valence-corrected chi connectivity index (χ1v) is 9.05. The van der Waals surface area contributed by atoms with Crippen LogP contribution in [0.15, 0.2) is 22.6 Å². The second-order valence-corrected chi connectivity index (χ2v) is 7.28. The Labute approximate surface area is 152 Å². The minimum atomic E-state index is -0.860. The van der Waals surface area contributed by atoms with Crippen molar-refractivity contribution in [3.8, 4) is 11.3 Å². The van der Waals surface area contributed by atoms with Crippen LogP contribution >= 0.6 is 0 Å². The summed E-state index contributed by atoms with van der Waals surface area (Å²) in [5.41, 5.74) is 3.13. The number of allylic oxidation sites excluding steroid dienone is 1. The van der Waals surface area contributed by atoms with Gasteiger partial charge >= 0.3 is 0 Å². The smallest absolute Gasteiger partial charge is 0.192 e. The number of benzene rings is 1. The molecule has 0 amide bonds. The van der Waals surface area contributed by atoms with E-state index in [-0.39, 0.29) is 5.92 Å². The fourth-order valence-corrected chi connectivity index (χ4v) is 3.79. The van der Waals surface area contributed by atoms with Crippen LogP contribution < -0.4 is 0 Å². The zero-order chi connectivity index (χ0) is 18.4. The lowest BCUT2D eigenvalue weighted by Gasteiger charge is -2.36. The van der Waals surface area contributed by atoms with Gasteiger partial charge in [-0.3, -0.25) is 0 Å². The van der Waals surface area contributed by atoms with E-state index in [9.17, 15) is 8.78 Å². The van der Waals surface area contributed by atoms with Gasteiger partial charge in [0.15, 0.2) is 23.3 Å². The fourth-order valence-electron chi connectivity index (χ4n) is 3.79. The molecule has 0 radical (unpaired) electrons. The van der Waals surface area contributed by atoms with Gasteiger partial charge < -0.3 is 14.2 Å². The van der Waals surface area contributed by atoms with Crippen molar-refractivity contribution in [1.82, 2.24) is 14.8 Å². The number of hydrogen-bond acceptors (Lipinski definition) is 4. The molecule has 1 atom stereocenters. The van der Waals surface area contributed by atoms with Crippen LogP contribution in [-0.2, 0) is 0 Å². The van der Waals surface area contributed by atoms with E-state index in [0.29, 0.717) is 17.2 Å². The van der Waals surface area contributed by atoms with Crippen molar-refractivity contribution in [2.24, 2.45) is 0 Å². The number of piperazine rings is 1. The second-order valence-electron chi connectivity index (χ2n) is 7.28. The number of rotatable bonds is 1. The first kappa shape index (κ1) is 17.2. The Balaban J connectivity index is 1.86. The number of fused-ring (bicyclic) bond motifs is 3. The number of aryl methyl sites for hydroxylation is 1. The highest BCUT2D eigenvalue weighted by Gasteiger charge is 2.29. The van der Waals surface area contributed by atoms with Crippen LogP contribution in [0.5, 0.6) is 0 Å². The van der Waals surface area contributed by atoms with Crippen LogP contribution in [0.4, 0.5) is 8.78 Å². The lowest BCUT2D eigenvalue weighted by atomic mass is 9.88. The predicted octanol–water partition coefficient (Wildman–Crippen LogP) is 4.02. The van der Waals surface area contributed by atoms with Crippen molar-refractivity contribution in [1.29, 1.82) is 0 Å². The van der Waals surface area contributed by atoms with E-state index in [4.69, 9.17) is 4.42 Å². The van der Waals surface area contributed by atoms with Gasteiger partial charge in [0.25, 0.3) is 0 Å². The molecule has 138 valence electrons. The Morgan fingerprint density at radius 1 is 1.12 bits per heavy atom. The van der Waals surface area contributed by atoms with Gasteiger partial charge in [-0.25, -0.2) is 13.8 Å². The molecule has 0 saturated carbocycles. The molecule has 0 spiro atoms. The standard InChI is InChI=1S/C20H23F2N3O/c1-12-4-5-18(25-8-6-24(3)7-9-25)19-20(26-13(2)23-19)15-11-17(22)16(21)10-14(12)15/h5,10-12H,4,6-9H2,1-3H3. The van der Waals surface area contributed by atoms with E-state index < -0.39 is 11.6 Å². The quantitative estimate of drug-likeness (QED) is 0.770. The topological polar surface area (TPSA) is 32.5 Å². The molecule has 1 unspecified atom stereocenters. The number of nitrogens with zero attached hydrogens (tertiary/aromatic N) is 3. The van der Waals surface area contributed by atoms with Gasteiger partial charge in [0, 0.05) is 38.7 Å². The predicted molar refractivity (Wildman–Crippen MR) is 96.7 cm³/mol. The van der Waals surface area contributed by atoms with E-state index in [1.807, 2.05) is 6.92 Å². The summed E-state index contributed by atoms with van der Waals surface area (Å²) in [5, 5.41) is 0. The summed E-state index contributed by atoms with van der Waals surface area (Å²) in [5.74, 6) is -0.562. The van der Waals surface area contributed by atoms with E-state index >= 15 is 0 Å². The molecule has 2 aliphatic rings. The minimum Gasteiger partial charge on any atom is -0.440 e. The third kappa shape index (κ3) is 2.92. The summed E-state index contributed by atoms with van der Waals surface area (Å²) >= 11 is 0. The first-order chi connectivity index (χ1) is 12.4. The molecule has 1 aromatic heterocycles. The molecule has 4 nitrogen and oxygen atoms in total. The van der Waals surface area contributed by atoms with Gasteiger partial charge in [0.05, 0.1) is 5.70 Å². The lowest BCUT2D eigenvalue weighted by molar-refractivity contribution is 0.206. The Bertz CT molecular complexity index is 866. The molecule has 1 saturated heterocycles. The Morgan fingerprint density at radius 3 is 2.54 bits per heavy atom. The van der Waals surface area contributed by atoms with Crippen LogP contribution in [0.1, 0.15) is 36.4 Å². The van der Waals surface area contributed by atoms with Crippen molar-refractivity contribution in [2.45, 2.75) is 26.2 Å². The molecular weight excluding hydrogens is 336 g/mol. The van der Waals surface area contributed by atoms with Crippen LogP contribution in [0.2, 0.25) is 0 Å². The number of halogens is 2. The van der Waals surface area contributed by atoms with Crippen molar-refractivity contribution >= 4 is 5.70 Å². The maximum absolute atomic E-state index is 14.0. The molecule has 1 aromatic carbocycles. The van der Waals surface area contributed by atoms with Crippen molar-refractivity contribution < 1.29 is 13.2 Å². The minimum absolute atomic E-state index is 0.0566. The molecule has 0 N–H and O–H groups in total. The summed E-state index contributed by atoms with van der Waals surface area (Å²) in [6.45, 7) is 7.60. The SMILES string of the molecule is Cc1nc2c(o1)-c1cc(F)c(F)cc1C(C)CC=C2N1CCN(C)CC1. The molecular formula is C20H23F2N3O. The highest BCUT2D eigenvalue weighted by atomic mass is 19.2. The highest BCUT2D eigenvalue weighted by molar-refractivity contribution is 5.78. The summed E-state index contributed by atoms with van der Waals surface area (Å²) in [7, 11) is 2.12. The van der Waals surface area contributed by atoms with Crippen LogP contribution in [0.25, 0.3) is 17.0 Å². The molecule has 26 heavy (non-hydrogen) atoms. The average molecular weight is 359 g/mol. The molecule has 1 aliphatic carbocycles. The second kappa shape index (κ2) is 6.50. The number of likely N-dealkylation sites (N-methyl/N-ethyl adjacent to an activating group) is 1. The van der Waals surface area contributed by atoms with Gasteiger partial charge in [-0.05, 0) is 37.1 Å². The first-order valence-electron chi connectivity index (χ1n) is 9.05. The maximum atomic E-state index is 14.0. The van der Waals surface area contributed by atoms with E-state index in [1.165, 1.54) is 12.1 Å². The Kier molecular flexibility index (Phi) is 4.31. The molecule has 4 rings (SSSR count). The zero-order valence-electron chi connectivity index (χ0n) is 15.4. The molecule has 1 fully saturated rings. The van der Waals surface area contributed by atoms with E-state index in [1.54, 1.807) is 6.92 Å². The van der Waals surface area contributed by atoms with Gasteiger partial charge in [-0.2, -0.15) is 0 Å². The van der Waals surface area contributed by atoms with Crippen molar-refractivity contribution in [2.75, 3.05) is 33.2 Å². The number of hydrogen-bond donors (Lipinski definition) is 0. The molecule has 2 heterocycles. The zero-order valence-corrected chi connectivity index (χ0v) is 15.4. The normalized spacial score (nSPS) is 20.9. The van der Waals surface area contributed by atoms with Gasteiger partial charge in [-0.1, -0.05) is 13.0 Å². The van der Waals surface area contributed by atoms with Gasteiger partial charge in [-0.15, -0.1) is 0 Å². The van der Waals surface area contributed by atoms with Gasteiger partial charge in [0.1, 0.15) is 5.69 Å². The summed E-state index contributed by atoms with van der Waals surface area (Å²) in [4.78, 5) is 9.21. The molecule has 0 bridgehead atoms. The molecule has 6 heteroatoms. The van der Waals surface area contributed by atoms with Crippen molar-refractivity contribution in [3.63, 3.8) is 0 Å². The monoisotopic (exact) mass is 359 g/mol. The van der Waals surface area contributed by atoms with E-state index in [2.05, 4.69) is 27.9 Å². The largest absolute Gasteiger partial charge is 0.440 e. The fraction of sp³-hybridized carbons (Fsp3) is 0.450. The third-order valence-electron chi connectivity index (χ3n) is 5.35. The summed E-state index contributed by atoms with van der Waals surface area (Å²) < 4.78 is 33.7. The van der Waals surface area contributed by atoms with Crippen LogP contribution in [0, 0.1) is 18.6 Å². The van der Waals surface area contributed by atoms with Crippen molar-refractivity contribution in [3.05, 3.63) is 47.0 Å². The Morgan fingerprint density at radius 2 is 1.81 bits per heavy atom. The Hall–Kier alpha value is -2.21. The third-order valence-corrected chi connectivity index (χ3v) is 5.35. The number of oxazole rings is 1. The van der Waals surface area contributed by atoms with Crippen LogP contribution in [0.3, 0.4) is 0 Å². The molecule has 1 aliphatic heterocycles. The highest BCUT2D eigenvalue weighted by Crippen LogP contribution is 2.41. The average Bonchev–Trinajstić information content (AvgIpc) is 2.98. The number of aromatic nitrogens is 1. The molecule has 2 aromatic rings.